The lowest BCUT2D eigenvalue weighted by Crippen LogP contribution is -2.14. The van der Waals surface area contributed by atoms with E-state index in [0.29, 0.717) is 28.6 Å². The Morgan fingerprint density at radius 2 is 1.03 bits per heavy atom. The van der Waals surface area contributed by atoms with Crippen molar-refractivity contribution in [2.24, 2.45) is 0 Å². The zero-order valence-electron chi connectivity index (χ0n) is 15.8. The number of ether oxygens (including phenoxy) is 2. The Hall–Kier alpha value is -3.84. The second-order valence-corrected chi connectivity index (χ2v) is 6.11. The van der Waals surface area contributed by atoms with Crippen molar-refractivity contribution in [2.45, 2.75) is 0 Å². The van der Waals surface area contributed by atoms with Crippen LogP contribution in [0.3, 0.4) is 0 Å². The molecule has 3 aromatic carbocycles. The Morgan fingerprint density at radius 3 is 1.34 bits per heavy atom. The van der Waals surface area contributed by atoms with E-state index in [1.807, 2.05) is 0 Å². The number of carboxylic acid groups (broad SMARTS) is 2. The molecule has 29 heavy (non-hydrogen) atoms. The van der Waals surface area contributed by atoms with Gasteiger partial charge < -0.3 is 19.7 Å². The number of hydrogen-bond donors (Lipinski definition) is 2. The molecule has 0 aromatic heterocycles. The van der Waals surface area contributed by atoms with Crippen molar-refractivity contribution in [1.82, 2.24) is 4.90 Å². The minimum atomic E-state index is -1.21. The van der Waals surface area contributed by atoms with Crippen molar-refractivity contribution >= 4 is 29.0 Å². The van der Waals surface area contributed by atoms with Crippen LogP contribution in [0.4, 0.5) is 17.1 Å². The monoisotopic (exact) mass is 393 g/mol. The van der Waals surface area contributed by atoms with Crippen molar-refractivity contribution in [3.63, 3.8) is 0 Å². The standard InChI is InChI=1S/C22H19NO6/c1-28-19-7-3-16(4-8-19)23(17-5-9-20(29-2)10-6-17)18-12-14(21(24)25)11-15(13-18)22(26)27/h3-13H,1-2H3,(H,24,25)(H,26,27)/q+1. The molecule has 0 aliphatic carbocycles. The number of aromatic carboxylic acids is 2. The van der Waals surface area contributed by atoms with Crippen LogP contribution in [0.1, 0.15) is 20.7 Å². The maximum absolute atomic E-state index is 11.5. The maximum atomic E-state index is 11.5. The van der Waals surface area contributed by atoms with Crippen molar-refractivity contribution in [3.05, 3.63) is 77.9 Å². The van der Waals surface area contributed by atoms with Gasteiger partial charge in [-0.25, -0.2) is 9.59 Å². The van der Waals surface area contributed by atoms with Crippen LogP contribution in [0.25, 0.3) is 0 Å². The molecule has 7 heteroatoms. The van der Waals surface area contributed by atoms with Crippen LogP contribution in [0.15, 0.2) is 66.7 Å². The predicted octanol–water partition coefficient (Wildman–Crippen LogP) is 4.54. The van der Waals surface area contributed by atoms with Crippen molar-refractivity contribution < 1.29 is 29.3 Å². The van der Waals surface area contributed by atoms with E-state index in [4.69, 9.17) is 9.47 Å². The summed E-state index contributed by atoms with van der Waals surface area (Å²) in [4.78, 5) is 24.9. The van der Waals surface area contributed by atoms with Gasteiger partial charge in [0.05, 0.1) is 25.3 Å². The van der Waals surface area contributed by atoms with Gasteiger partial charge in [-0.1, -0.05) is 4.90 Å². The first kappa shape index (κ1) is 19.9. The fourth-order valence-corrected chi connectivity index (χ4v) is 2.90. The smallest absolute Gasteiger partial charge is 0.335 e. The molecule has 0 heterocycles. The van der Waals surface area contributed by atoms with Crippen LogP contribution in [0.2, 0.25) is 0 Å². The van der Waals surface area contributed by atoms with E-state index in [0.717, 1.165) is 6.07 Å². The molecular formula is C22H19NO6+. The highest BCUT2D eigenvalue weighted by Gasteiger charge is 2.28. The van der Waals surface area contributed by atoms with Gasteiger partial charge in [0.1, 0.15) is 11.5 Å². The highest BCUT2D eigenvalue weighted by Crippen LogP contribution is 2.36. The molecule has 0 saturated carbocycles. The molecule has 0 spiro atoms. The predicted molar refractivity (Wildman–Crippen MR) is 107 cm³/mol. The maximum Gasteiger partial charge on any atom is 0.335 e. The van der Waals surface area contributed by atoms with Crippen LogP contribution < -0.4 is 14.4 Å². The summed E-state index contributed by atoms with van der Waals surface area (Å²) in [5.41, 5.74) is 1.57. The summed E-state index contributed by atoms with van der Waals surface area (Å²) in [5.74, 6) is -1.10. The second kappa shape index (κ2) is 8.45. The van der Waals surface area contributed by atoms with E-state index in [1.54, 1.807) is 67.7 Å². The van der Waals surface area contributed by atoms with Gasteiger partial charge in [-0.3, -0.25) is 0 Å². The first-order valence-corrected chi connectivity index (χ1v) is 8.63. The number of benzene rings is 3. The van der Waals surface area contributed by atoms with E-state index in [1.165, 1.54) is 12.1 Å². The van der Waals surface area contributed by atoms with Crippen LogP contribution in [0, 0.1) is 0 Å². The first-order valence-electron chi connectivity index (χ1n) is 8.63. The SMILES string of the molecule is COc1ccc([N+](c2ccc(OC)cc2)c2cc(C(=O)O)cc(C(=O)O)c2)cc1. The van der Waals surface area contributed by atoms with Gasteiger partial charge in [-0.2, -0.15) is 0 Å². The quantitative estimate of drug-likeness (QED) is 0.572. The molecule has 147 valence electrons. The fourth-order valence-electron chi connectivity index (χ4n) is 2.90. The molecule has 0 saturated heterocycles. The number of methoxy groups -OCH3 is 2. The number of hydrogen-bond acceptors (Lipinski definition) is 5. The zero-order valence-corrected chi connectivity index (χ0v) is 15.8. The van der Waals surface area contributed by atoms with Gasteiger partial charge in [0.2, 0.25) is 0 Å². The third-order valence-corrected chi connectivity index (χ3v) is 4.33. The minimum Gasteiger partial charge on any atom is -0.497 e. The largest absolute Gasteiger partial charge is 0.497 e. The second-order valence-electron chi connectivity index (χ2n) is 6.11. The summed E-state index contributed by atoms with van der Waals surface area (Å²) < 4.78 is 10.4. The third kappa shape index (κ3) is 4.36. The average Bonchev–Trinajstić information content (AvgIpc) is 2.74. The number of anilines is 3. The lowest BCUT2D eigenvalue weighted by atomic mass is 10.1. The van der Waals surface area contributed by atoms with Gasteiger partial charge in [-0.15, -0.1) is 0 Å². The van der Waals surface area contributed by atoms with E-state index >= 15 is 0 Å². The van der Waals surface area contributed by atoms with Gasteiger partial charge in [-0.05, 0) is 30.3 Å². The van der Waals surface area contributed by atoms with E-state index < -0.39 is 11.9 Å². The summed E-state index contributed by atoms with van der Waals surface area (Å²) in [6.07, 6.45) is 0. The van der Waals surface area contributed by atoms with Crippen molar-refractivity contribution in [3.8, 4) is 11.5 Å². The van der Waals surface area contributed by atoms with Crippen LogP contribution >= 0.6 is 0 Å². The Labute approximate surface area is 167 Å². The molecule has 1 radical (unpaired) electrons. The Bertz CT molecular complexity index is 948. The molecule has 7 nitrogen and oxygen atoms in total. The Balaban J connectivity index is 2.20. The van der Waals surface area contributed by atoms with Gasteiger partial charge >= 0.3 is 11.9 Å². The zero-order chi connectivity index (χ0) is 21.0. The van der Waals surface area contributed by atoms with E-state index in [9.17, 15) is 19.8 Å². The summed E-state index contributed by atoms with van der Waals surface area (Å²) >= 11 is 0. The highest BCUT2D eigenvalue weighted by molar-refractivity contribution is 5.95. The molecule has 0 unspecified atom stereocenters. The highest BCUT2D eigenvalue weighted by atomic mass is 16.5. The number of carbonyl (C=O) groups is 2. The lowest BCUT2D eigenvalue weighted by Gasteiger charge is -2.13. The molecule has 0 aliphatic rings. The molecule has 0 atom stereocenters. The lowest BCUT2D eigenvalue weighted by molar-refractivity contribution is 0.0696. The Morgan fingerprint density at radius 1 is 0.655 bits per heavy atom. The van der Waals surface area contributed by atoms with Gasteiger partial charge in [0, 0.05) is 36.4 Å². The number of rotatable bonds is 7. The first-order chi connectivity index (χ1) is 13.9. The number of nitrogens with zero attached hydrogens (tertiary/aromatic N) is 1. The summed E-state index contributed by atoms with van der Waals surface area (Å²) in [7, 11) is 3.12. The van der Waals surface area contributed by atoms with E-state index in [-0.39, 0.29) is 11.1 Å². The number of carboxylic acids is 2. The molecule has 2 N–H and O–H groups in total. The Kier molecular flexibility index (Phi) is 5.80. The topological polar surface area (TPSA) is 99.0 Å². The fraction of sp³-hybridized carbons (Fsp3) is 0.0909. The van der Waals surface area contributed by atoms with Crippen LogP contribution in [-0.2, 0) is 0 Å². The van der Waals surface area contributed by atoms with Crippen LogP contribution in [-0.4, -0.2) is 36.4 Å². The molecule has 0 amide bonds. The average molecular weight is 393 g/mol. The molecule has 0 bridgehead atoms. The summed E-state index contributed by atoms with van der Waals surface area (Å²) in [6.45, 7) is 0. The third-order valence-electron chi connectivity index (χ3n) is 4.33. The van der Waals surface area contributed by atoms with Gasteiger partial charge in [0.25, 0.3) is 0 Å². The van der Waals surface area contributed by atoms with Crippen LogP contribution in [0.5, 0.6) is 11.5 Å². The molecule has 3 rings (SSSR count). The molecular weight excluding hydrogens is 374 g/mol. The molecule has 0 aliphatic heterocycles. The summed E-state index contributed by atoms with van der Waals surface area (Å²) in [6, 6.07) is 18.3. The molecule has 3 aromatic rings. The van der Waals surface area contributed by atoms with Crippen molar-refractivity contribution in [2.75, 3.05) is 14.2 Å². The van der Waals surface area contributed by atoms with E-state index in [2.05, 4.69) is 0 Å². The summed E-state index contributed by atoms with van der Waals surface area (Å²) in [5, 5.41) is 18.9. The van der Waals surface area contributed by atoms with Crippen molar-refractivity contribution in [1.29, 1.82) is 0 Å². The minimum absolute atomic E-state index is 0.119. The normalized spacial score (nSPS) is 10.6. The van der Waals surface area contributed by atoms with Gasteiger partial charge in [0.15, 0.2) is 17.1 Å². The molecule has 0 fully saturated rings.